The fourth-order valence-electron chi connectivity index (χ4n) is 2.28. The van der Waals surface area contributed by atoms with Crippen LogP contribution in [-0.2, 0) is 4.79 Å². The van der Waals surface area contributed by atoms with Crippen LogP contribution >= 0.6 is 0 Å². The van der Waals surface area contributed by atoms with Gasteiger partial charge in [-0.15, -0.1) is 0 Å². The van der Waals surface area contributed by atoms with Crippen LogP contribution in [0.5, 0.6) is 0 Å². The first-order valence-corrected chi connectivity index (χ1v) is 7.46. The predicted octanol–water partition coefficient (Wildman–Crippen LogP) is 1.64. The van der Waals surface area contributed by atoms with Gasteiger partial charge >= 0.3 is 0 Å². The summed E-state index contributed by atoms with van der Waals surface area (Å²) in [4.78, 5) is 42.0. The van der Waals surface area contributed by atoms with E-state index < -0.39 is 5.91 Å². The summed E-state index contributed by atoms with van der Waals surface area (Å²) in [6.07, 6.45) is 0. The van der Waals surface area contributed by atoms with Gasteiger partial charge in [0.05, 0.1) is 10.9 Å². The maximum Gasteiger partial charge on any atom is 0.269 e. The highest BCUT2D eigenvalue weighted by Gasteiger charge is 2.08. The van der Waals surface area contributed by atoms with Crippen molar-refractivity contribution in [3.63, 3.8) is 0 Å². The lowest BCUT2D eigenvalue weighted by Crippen LogP contribution is -2.31. The van der Waals surface area contributed by atoms with Gasteiger partial charge in [-0.25, -0.2) is 4.98 Å². The fraction of sp³-hybridized carbons (Fsp3) is 0.0588. The van der Waals surface area contributed by atoms with Gasteiger partial charge in [0.25, 0.3) is 11.5 Å². The van der Waals surface area contributed by atoms with Crippen LogP contribution in [0.1, 0.15) is 17.3 Å². The maximum absolute atomic E-state index is 12.2. The molecular weight excluding hydrogens is 322 g/mol. The molecule has 3 aromatic rings. The number of hydrogen-bond donors (Lipinski definition) is 4. The van der Waals surface area contributed by atoms with Crippen molar-refractivity contribution in [1.82, 2.24) is 15.4 Å². The van der Waals surface area contributed by atoms with Gasteiger partial charge in [0.15, 0.2) is 0 Å². The quantitative estimate of drug-likeness (QED) is 0.540. The number of aromatic amines is 1. The van der Waals surface area contributed by atoms with E-state index in [0.717, 1.165) is 0 Å². The Kier molecular flexibility index (Phi) is 4.42. The molecule has 0 spiro atoms. The van der Waals surface area contributed by atoms with Crippen LogP contribution in [0, 0.1) is 0 Å². The van der Waals surface area contributed by atoms with Crippen molar-refractivity contribution >= 4 is 34.4 Å². The van der Waals surface area contributed by atoms with E-state index in [1.165, 1.54) is 13.0 Å². The largest absolute Gasteiger partial charge is 0.326 e. The van der Waals surface area contributed by atoms with Crippen LogP contribution in [-0.4, -0.2) is 21.8 Å². The Labute approximate surface area is 142 Å². The van der Waals surface area contributed by atoms with Crippen molar-refractivity contribution in [3.8, 4) is 0 Å². The van der Waals surface area contributed by atoms with Crippen LogP contribution < -0.4 is 21.7 Å². The lowest BCUT2D eigenvalue weighted by atomic mass is 10.2. The molecule has 4 N–H and O–H groups in total. The molecule has 0 atom stereocenters. The minimum atomic E-state index is -0.442. The molecule has 2 amide bonds. The summed E-state index contributed by atoms with van der Waals surface area (Å²) in [5.41, 5.74) is 6.08. The van der Waals surface area contributed by atoms with E-state index in [0.29, 0.717) is 22.2 Å². The number of hydrogen-bond acceptors (Lipinski definition) is 5. The molecule has 0 radical (unpaired) electrons. The Morgan fingerprint density at radius 1 is 1.08 bits per heavy atom. The standard InChI is InChI=1S/C17H15N5O3/c1-10(23)18-12-6-4-5-11(9-12)15(24)21-22-17-19-14-8-3-2-7-13(14)16(25)20-17/h2-9H,1H3,(H,18,23)(H,21,24)(H2,19,20,22,25). The number of nitrogens with zero attached hydrogens (tertiary/aromatic N) is 1. The molecule has 0 fully saturated rings. The topological polar surface area (TPSA) is 116 Å². The molecule has 0 bridgehead atoms. The third kappa shape index (κ3) is 3.81. The van der Waals surface area contributed by atoms with Gasteiger partial charge in [-0.3, -0.25) is 30.2 Å². The molecule has 0 unspecified atom stereocenters. The number of nitrogens with one attached hydrogen (secondary N) is 4. The molecule has 1 aromatic heterocycles. The molecular formula is C17H15N5O3. The second-order valence-corrected chi connectivity index (χ2v) is 5.27. The average molecular weight is 337 g/mol. The van der Waals surface area contributed by atoms with Crippen LogP contribution in [0.25, 0.3) is 10.9 Å². The van der Waals surface area contributed by atoms with E-state index in [-0.39, 0.29) is 17.4 Å². The second-order valence-electron chi connectivity index (χ2n) is 5.27. The second kappa shape index (κ2) is 6.83. The number of amides is 2. The van der Waals surface area contributed by atoms with Gasteiger partial charge in [0, 0.05) is 18.2 Å². The highest BCUT2D eigenvalue weighted by atomic mass is 16.2. The normalized spacial score (nSPS) is 10.3. The summed E-state index contributed by atoms with van der Waals surface area (Å²) in [5, 5.41) is 3.06. The molecule has 25 heavy (non-hydrogen) atoms. The van der Waals surface area contributed by atoms with Crippen LogP contribution in [0.2, 0.25) is 0 Å². The number of carbonyl (C=O) groups is 2. The fourth-order valence-corrected chi connectivity index (χ4v) is 2.28. The van der Waals surface area contributed by atoms with Crippen molar-refractivity contribution < 1.29 is 9.59 Å². The summed E-state index contributed by atoms with van der Waals surface area (Å²) in [6.45, 7) is 1.38. The molecule has 2 aromatic carbocycles. The van der Waals surface area contributed by atoms with Crippen molar-refractivity contribution in [2.75, 3.05) is 10.7 Å². The van der Waals surface area contributed by atoms with Gasteiger partial charge in [-0.1, -0.05) is 18.2 Å². The van der Waals surface area contributed by atoms with E-state index in [4.69, 9.17) is 0 Å². The number of carbonyl (C=O) groups excluding carboxylic acids is 2. The molecule has 3 rings (SSSR count). The van der Waals surface area contributed by atoms with Gasteiger partial charge in [-0.2, -0.15) is 0 Å². The molecule has 126 valence electrons. The SMILES string of the molecule is CC(=O)Nc1cccc(C(=O)NNc2nc3ccccc3c(=O)[nH]2)c1. The van der Waals surface area contributed by atoms with Crippen molar-refractivity contribution in [2.45, 2.75) is 6.92 Å². The number of benzene rings is 2. The zero-order valence-corrected chi connectivity index (χ0v) is 13.3. The van der Waals surface area contributed by atoms with Crippen molar-refractivity contribution in [3.05, 3.63) is 64.4 Å². The Morgan fingerprint density at radius 2 is 1.88 bits per heavy atom. The van der Waals surface area contributed by atoms with Crippen molar-refractivity contribution in [2.24, 2.45) is 0 Å². The van der Waals surface area contributed by atoms with Gasteiger partial charge in [-0.05, 0) is 30.3 Å². The Balaban J connectivity index is 1.74. The van der Waals surface area contributed by atoms with Crippen LogP contribution in [0.3, 0.4) is 0 Å². The first-order chi connectivity index (χ1) is 12.0. The third-order valence-electron chi connectivity index (χ3n) is 3.35. The number of fused-ring (bicyclic) bond motifs is 1. The van der Waals surface area contributed by atoms with Crippen molar-refractivity contribution in [1.29, 1.82) is 0 Å². The highest BCUT2D eigenvalue weighted by molar-refractivity contribution is 5.97. The first-order valence-electron chi connectivity index (χ1n) is 7.46. The number of aromatic nitrogens is 2. The van der Waals surface area contributed by atoms with Gasteiger partial charge in [0.1, 0.15) is 0 Å². The molecule has 8 nitrogen and oxygen atoms in total. The Morgan fingerprint density at radius 3 is 2.68 bits per heavy atom. The summed E-state index contributed by atoms with van der Waals surface area (Å²) >= 11 is 0. The summed E-state index contributed by atoms with van der Waals surface area (Å²) < 4.78 is 0. The Hall–Kier alpha value is -3.68. The molecule has 0 saturated heterocycles. The average Bonchev–Trinajstić information content (AvgIpc) is 2.59. The minimum absolute atomic E-state index is 0.120. The lowest BCUT2D eigenvalue weighted by molar-refractivity contribution is -0.114. The zero-order valence-electron chi connectivity index (χ0n) is 13.3. The number of anilines is 2. The third-order valence-corrected chi connectivity index (χ3v) is 3.35. The Bertz CT molecular complexity index is 1010. The maximum atomic E-state index is 12.2. The number of H-pyrrole nitrogens is 1. The smallest absolute Gasteiger partial charge is 0.269 e. The van der Waals surface area contributed by atoms with Crippen LogP contribution in [0.4, 0.5) is 11.6 Å². The number of rotatable bonds is 4. The summed E-state index contributed by atoms with van der Waals surface area (Å²) in [7, 11) is 0. The number of para-hydroxylation sites is 1. The molecule has 0 aliphatic carbocycles. The minimum Gasteiger partial charge on any atom is -0.326 e. The predicted molar refractivity (Wildman–Crippen MR) is 94.2 cm³/mol. The lowest BCUT2D eigenvalue weighted by Gasteiger charge is -2.09. The van der Waals surface area contributed by atoms with E-state index in [1.54, 1.807) is 42.5 Å². The van der Waals surface area contributed by atoms with Crippen LogP contribution in [0.15, 0.2) is 53.3 Å². The molecule has 8 heteroatoms. The monoisotopic (exact) mass is 337 g/mol. The van der Waals surface area contributed by atoms with E-state index >= 15 is 0 Å². The number of hydrazine groups is 1. The molecule has 0 saturated carbocycles. The van der Waals surface area contributed by atoms with E-state index in [9.17, 15) is 14.4 Å². The first kappa shape index (κ1) is 16.2. The zero-order chi connectivity index (χ0) is 17.8. The van der Waals surface area contributed by atoms with Gasteiger partial charge in [0.2, 0.25) is 11.9 Å². The van der Waals surface area contributed by atoms with E-state index in [2.05, 4.69) is 26.1 Å². The van der Waals surface area contributed by atoms with E-state index in [1.807, 2.05) is 0 Å². The summed E-state index contributed by atoms with van der Waals surface area (Å²) in [5.74, 6) is -0.549. The summed E-state index contributed by atoms with van der Waals surface area (Å²) in [6, 6.07) is 13.3. The van der Waals surface area contributed by atoms with Gasteiger partial charge < -0.3 is 5.32 Å². The highest BCUT2D eigenvalue weighted by Crippen LogP contribution is 2.11. The molecule has 0 aliphatic heterocycles. The molecule has 1 heterocycles. The molecule has 0 aliphatic rings.